The van der Waals surface area contributed by atoms with E-state index in [0.717, 1.165) is 38.9 Å². The minimum Gasteiger partial charge on any atom is -0.277 e. The van der Waals surface area contributed by atoms with E-state index in [9.17, 15) is 0 Å². The molecule has 0 radical (unpaired) electrons. The van der Waals surface area contributed by atoms with Gasteiger partial charge in [-0.1, -0.05) is 34.6 Å². The topological polar surface area (TPSA) is 83.1 Å². The van der Waals surface area contributed by atoms with Gasteiger partial charge in [0, 0.05) is 34.8 Å². The average molecular weight is 334 g/mol. The van der Waals surface area contributed by atoms with Crippen LogP contribution in [0.4, 0.5) is 0 Å². The molecule has 0 aliphatic rings. The zero-order valence-corrected chi connectivity index (χ0v) is 15.2. The van der Waals surface area contributed by atoms with Gasteiger partial charge in [0.2, 0.25) is 0 Å². The lowest BCUT2D eigenvalue weighted by Gasteiger charge is -2.23. The highest BCUT2D eigenvalue weighted by atomic mass is 15.1. The molecule has 0 aliphatic heterocycles. The number of H-pyrrole nitrogens is 2. The number of pyridine rings is 2. The van der Waals surface area contributed by atoms with Crippen molar-refractivity contribution >= 4 is 21.9 Å². The van der Waals surface area contributed by atoms with Gasteiger partial charge in [-0.2, -0.15) is 10.2 Å². The molecule has 0 saturated carbocycles. The first-order valence-corrected chi connectivity index (χ1v) is 8.42. The molecule has 6 nitrogen and oxygen atoms in total. The second kappa shape index (κ2) is 5.12. The van der Waals surface area contributed by atoms with E-state index in [1.54, 1.807) is 6.20 Å². The maximum atomic E-state index is 4.72. The summed E-state index contributed by atoms with van der Waals surface area (Å²) in [5.74, 6) is 0. The fourth-order valence-corrected chi connectivity index (χ4v) is 3.24. The third kappa shape index (κ3) is 2.40. The summed E-state index contributed by atoms with van der Waals surface area (Å²) in [5, 5.41) is 16.3. The number of hydrogen-bond donors (Lipinski definition) is 2. The molecule has 0 atom stereocenters. The van der Waals surface area contributed by atoms with Gasteiger partial charge >= 0.3 is 0 Å². The second-order valence-corrected chi connectivity index (χ2v) is 8.06. The standard InChI is InChI=1S/C19H22N6/c1-18(2,3)17-15-14(23-25-17)8-11(9-21-15)19(4,5)16-12-10-20-7-6-13(12)22-24-16/h6-10H,1-5H3,(H,22,24)(H,23,25). The van der Waals surface area contributed by atoms with Crippen LogP contribution in [0.25, 0.3) is 21.9 Å². The summed E-state index contributed by atoms with van der Waals surface area (Å²) in [6, 6.07) is 4.06. The fourth-order valence-electron chi connectivity index (χ4n) is 3.24. The van der Waals surface area contributed by atoms with Crippen LogP contribution in [0.1, 0.15) is 51.6 Å². The van der Waals surface area contributed by atoms with Gasteiger partial charge in [0.25, 0.3) is 0 Å². The lowest BCUT2D eigenvalue weighted by atomic mass is 9.81. The minimum atomic E-state index is -0.310. The maximum absolute atomic E-state index is 4.72. The van der Waals surface area contributed by atoms with Crippen molar-refractivity contribution in [2.24, 2.45) is 0 Å². The molecule has 0 spiro atoms. The van der Waals surface area contributed by atoms with Crippen molar-refractivity contribution in [3.63, 3.8) is 0 Å². The Morgan fingerprint density at radius 3 is 2.36 bits per heavy atom. The summed E-state index contributed by atoms with van der Waals surface area (Å²) >= 11 is 0. The first-order chi connectivity index (χ1) is 11.8. The van der Waals surface area contributed by atoms with E-state index < -0.39 is 0 Å². The molecule has 0 aliphatic carbocycles. The van der Waals surface area contributed by atoms with E-state index in [4.69, 9.17) is 4.98 Å². The van der Waals surface area contributed by atoms with Gasteiger partial charge in [-0.3, -0.25) is 20.2 Å². The Morgan fingerprint density at radius 1 is 0.880 bits per heavy atom. The average Bonchev–Trinajstić information content (AvgIpc) is 3.18. The molecular formula is C19H22N6. The fraction of sp³-hybridized carbons (Fsp3) is 0.368. The van der Waals surface area contributed by atoms with Crippen LogP contribution in [-0.4, -0.2) is 30.4 Å². The molecule has 6 heteroatoms. The van der Waals surface area contributed by atoms with Gasteiger partial charge in [0.15, 0.2) is 0 Å². The van der Waals surface area contributed by atoms with Crippen molar-refractivity contribution in [3.8, 4) is 0 Å². The van der Waals surface area contributed by atoms with Crippen LogP contribution in [-0.2, 0) is 10.8 Å². The Kier molecular flexibility index (Phi) is 3.22. The van der Waals surface area contributed by atoms with Crippen molar-refractivity contribution in [1.29, 1.82) is 0 Å². The molecule has 0 saturated heterocycles. The van der Waals surface area contributed by atoms with Crippen LogP contribution in [0, 0.1) is 0 Å². The Balaban J connectivity index is 1.85. The number of nitrogens with zero attached hydrogens (tertiary/aromatic N) is 4. The predicted molar refractivity (Wildman–Crippen MR) is 98.6 cm³/mol. The number of rotatable bonds is 2. The van der Waals surface area contributed by atoms with Crippen molar-refractivity contribution in [1.82, 2.24) is 30.4 Å². The van der Waals surface area contributed by atoms with Crippen molar-refractivity contribution in [2.75, 3.05) is 0 Å². The normalized spacial score (nSPS) is 13.0. The first-order valence-electron chi connectivity index (χ1n) is 8.42. The lowest BCUT2D eigenvalue weighted by molar-refractivity contribution is 0.570. The van der Waals surface area contributed by atoms with Crippen molar-refractivity contribution < 1.29 is 0 Å². The molecule has 4 aromatic rings. The number of fused-ring (bicyclic) bond motifs is 2. The summed E-state index contributed by atoms with van der Waals surface area (Å²) in [6.07, 6.45) is 5.56. The molecule has 4 rings (SSSR count). The lowest BCUT2D eigenvalue weighted by Crippen LogP contribution is -2.20. The summed E-state index contributed by atoms with van der Waals surface area (Å²) in [4.78, 5) is 8.96. The molecule has 128 valence electrons. The molecule has 25 heavy (non-hydrogen) atoms. The molecule has 0 fully saturated rings. The SMILES string of the molecule is CC(C)(C)c1n[nH]c2cc(C(C)(C)c3n[nH]c4ccncc34)cnc12. The third-order valence-electron chi connectivity index (χ3n) is 4.79. The van der Waals surface area contributed by atoms with E-state index in [-0.39, 0.29) is 10.8 Å². The number of hydrogen-bond acceptors (Lipinski definition) is 4. The van der Waals surface area contributed by atoms with Crippen LogP contribution >= 0.6 is 0 Å². The zero-order valence-electron chi connectivity index (χ0n) is 15.2. The zero-order chi connectivity index (χ0) is 17.8. The van der Waals surface area contributed by atoms with Gasteiger partial charge in [-0.25, -0.2) is 0 Å². The number of aromatic nitrogens is 6. The highest BCUT2D eigenvalue weighted by Gasteiger charge is 2.30. The van der Waals surface area contributed by atoms with Crippen LogP contribution < -0.4 is 0 Å². The third-order valence-corrected chi connectivity index (χ3v) is 4.79. The van der Waals surface area contributed by atoms with Crippen LogP contribution in [0.3, 0.4) is 0 Å². The molecule has 0 unspecified atom stereocenters. The van der Waals surface area contributed by atoms with Crippen LogP contribution in [0.15, 0.2) is 30.7 Å². The van der Waals surface area contributed by atoms with Crippen molar-refractivity contribution in [2.45, 2.75) is 45.4 Å². The van der Waals surface area contributed by atoms with Gasteiger partial charge in [-0.05, 0) is 17.7 Å². The van der Waals surface area contributed by atoms with Gasteiger partial charge in [-0.15, -0.1) is 0 Å². The van der Waals surface area contributed by atoms with E-state index in [2.05, 4.69) is 66.1 Å². The summed E-state index contributed by atoms with van der Waals surface area (Å²) in [7, 11) is 0. The highest BCUT2D eigenvalue weighted by Crippen LogP contribution is 2.35. The van der Waals surface area contributed by atoms with Gasteiger partial charge < -0.3 is 0 Å². The Morgan fingerprint density at radius 2 is 1.60 bits per heavy atom. The predicted octanol–water partition coefficient (Wildman–Crippen LogP) is 3.85. The first kappa shape index (κ1) is 15.7. The van der Waals surface area contributed by atoms with E-state index in [0.29, 0.717) is 0 Å². The van der Waals surface area contributed by atoms with Gasteiger partial charge in [0.05, 0.1) is 22.4 Å². The van der Waals surface area contributed by atoms with Gasteiger partial charge in [0.1, 0.15) is 5.52 Å². The van der Waals surface area contributed by atoms with Crippen LogP contribution in [0.5, 0.6) is 0 Å². The number of aromatic amines is 2. The Bertz CT molecular complexity index is 1060. The molecular weight excluding hydrogens is 312 g/mol. The molecule has 0 bridgehead atoms. The Labute approximate surface area is 146 Å². The van der Waals surface area contributed by atoms with Crippen LogP contribution in [0.2, 0.25) is 0 Å². The molecule has 4 heterocycles. The summed E-state index contributed by atoms with van der Waals surface area (Å²) < 4.78 is 0. The smallest absolute Gasteiger partial charge is 0.112 e. The number of nitrogens with one attached hydrogen (secondary N) is 2. The Hall–Kier alpha value is -2.76. The van der Waals surface area contributed by atoms with Crippen molar-refractivity contribution in [3.05, 3.63) is 47.7 Å². The van der Waals surface area contributed by atoms with E-state index >= 15 is 0 Å². The quantitative estimate of drug-likeness (QED) is 0.583. The molecule has 2 N–H and O–H groups in total. The molecule has 4 aromatic heterocycles. The summed E-state index contributed by atoms with van der Waals surface area (Å²) in [6.45, 7) is 10.7. The van der Waals surface area contributed by atoms with E-state index in [1.165, 1.54) is 0 Å². The maximum Gasteiger partial charge on any atom is 0.112 e. The van der Waals surface area contributed by atoms with E-state index in [1.807, 2.05) is 18.5 Å². The summed E-state index contributed by atoms with van der Waals surface area (Å²) in [5.41, 5.74) is 5.55. The molecule has 0 amide bonds. The largest absolute Gasteiger partial charge is 0.277 e. The monoisotopic (exact) mass is 334 g/mol. The molecule has 0 aromatic carbocycles. The highest BCUT2D eigenvalue weighted by molar-refractivity contribution is 5.83. The minimum absolute atomic E-state index is 0.0493. The second-order valence-electron chi connectivity index (χ2n) is 8.06.